The average Bonchev–Trinajstić information content (AvgIpc) is 3.01. The Morgan fingerprint density at radius 1 is 1.41 bits per heavy atom. The van der Waals surface area contributed by atoms with E-state index in [0.29, 0.717) is 6.42 Å². The minimum atomic E-state index is -0.261. The SMILES string of the molecule is CC(C)C(CCO)NC(=O)Nc1cccc(-c2nccs2)c1. The molecule has 1 atom stereocenters. The van der Waals surface area contributed by atoms with Gasteiger partial charge in [-0.2, -0.15) is 0 Å². The van der Waals surface area contributed by atoms with E-state index in [1.54, 1.807) is 17.5 Å². The molecule has 118 valence electrons. The van der Waals surface area contributed by atoms with Gasteiger partial charge < -0.3 is 15.7 Å². The van der Waals surface area contributed by atoms with E-state index in [4.69, 9.17) is 5.11 Å². The zero-order valence-electron chi connectivity index (χ0n) is 12.7. The second-order valence-corrected chi connectivity index (χ2v) is 6.27. The van der Waals surface area contributed by atoms with Crippen molar-refractivity contribution in [1.29, 1.82) is 0 Å². The molecule has 22 heavy (non-hydrogen) atoms. The van der Waals surface area contributed by atoms with Gasteiger partial charge in [-0.3, -0.25) is 0 Å². The van der Waals surface area contributed by atoms with Gasteiger partial charge in [0.1, 0.15) is 5.01 Å². The average molecular weight is 319 g/mol. The van der Waals surface area contributed by atoms with Crippen molar-refractivity contribution in [3.05, 3.63) is 35.8 Å². The number of nitrogens with zero attached hydrogens (tertiary/aromatic N) is 1. The minimum absolute atomic E-state index is 0.0489. The molecular formula is C16H21N3O2S. The third-order valence-electron chi connectivity index (χ3n) is 3.36. The first-order valence-corrected chi connectivity index (χ1v) is 8.16. The molecule has 0 aliphatic carbocycles. The lowest BCUT2D eigenvalue weighted by Crippen LogP contribution is -2.41. The van der Waals surface area contributed by atoms with Gasteiger partial charge in [0.25, 0.3) is 0 Å². The second kappa shape index (κ2) is 7.91. The molecule has 0 spiro atoms. The van der Waals surface area contributed by atoms with Gasteiger partial charge in [0, 0.05) is 35.5 Å². The summed E-state index contributed by atoms with van der Waals surface area (Å²) in [6, 6.07) is 7.28. The van der Waals surface area contributed by atoms with Crippen molar-refractivity contribution in [2.24, 2.45) is 5.92 Å². The first-order chi connectivity index (χ1) is 10.6. The van der Waals surface area contributed by atoms with Gasteiger partial charge in [0.05, 0.1) is 0 Å². The van der Waals surface area contributed by atoms with Gasteiger partial charge in [-0.15, -0.1) is 11.3 Å². The lowest BCUT2D eigenvalue weighted by molar-refractivity contribution is 0.227. The van der Waals surface area contributed by atoms with Crippen molar-refractivity contribution in [1.82, 2.24) is 10.3 Å². The molecule has 1 unspecified atom stereocenters. The van der Waals surface area contributed by atoms with Gasteiger partial charge in [-0.1, -0.05) is 26.0 Å². The van der Waals surface area contributed by atoms with Crippen molar-refractivity contribution < 1.29 is 9.90 Å². The number of thiazole rings is 1. The molecule has 0 saturated heterocycles. The molecule has 0 fully saturated rings. The van der Waals surface area contributed by atoms with Crippen LogP contribution < -0.4 is 10.6 Å². The van der Waals surface area contributed by atoms with Crippen LogP contribution in [0.25, 0.3) is 10.6 Å². The highest BCUT2D eigenvalue weighted by Gasteiger charge is 2.15. The van der Waals surface area contributed by atoms with Crippen LogP contribution in [-0.2, 0) is 0 Å². The molecule has 1 aromatic carbocycles. The van der Waals surface area contributed by atoms with Gasteiger partial charge in [0.15, 0.2) is 0 Å². The molecule has 0 bridgehead atoms. The van der Waals surface area contributed by atoms with E-state index in [-0.39, 0.29) is 24.6 Å². The topological polar surface area (TPSA) is 74.2 Å². The van der Waals surface area contributed by atoms with Crippen molar-refractivity contribution in [3.63, 3.8) is 0 Å². The summed E-state index contributed by atoms with van der Waals surface area (Å²) < 4.78 is 0. The van der Waals surface area contributed by atoms with Crippen molar-refractivity contribution >= 4 is 23.1 Å². The molecule has 6 heteroatoms. The number of hydrogen-bond donors (Lipinski definition) is 3. The summed E-state index contributed by atoms with van der Waals surface area (Å²) >= 11 is 1.56. The molecule has 0 saturated carbocycles. The monoisotopic (exact) mass is 319 g/mol. The first kappa shape index (κ1) is 16.5. The van der Waals surface area contributed by atoms with E-state index in [1.165, 1.54) is 0 Å². The number of anilines is 1. The van der Waals surface area contributed by atoms with Crippen LogP contribution in [0.1, 0.15) is 20.3 Å². The number of rotatable bonds is 6. The number of carbonyl (C=O) groups excluding carboxylic acids is 1. The Morgan fingerprint density at radius 3 is 2.86 bits per heavy atom. The Labute approximate surface area is 134 Å². The summed E-state index contributed by atoms with van der Waals surface area (Å²) in [5, 5.41) is 17.6. The fourth-order valence-electron chi connectivity index (χ4n) is 2.14. The zero-order chi connectivity index (χ0) is 15.9. The van der Waals surface area contributed by atoms with Crippen molar-refractivity contribution in [2.75, 3.05) is 11.9 Å². The Hall–Kier alpha value is -1.92. The molecule has 1 aromatic heterocycles. The van der Waals surface area contributed by atoms with Crippen molar-refractivity contribution in [3.8, 4) is 10.6 Å². The number of carbonyl (C=O) groups is 1. The van der Waals surface area contributed by atoms with E-state index in [0.717, 1.165) is 16.3 Å². The van der Waals surface area contributed by atoms with E-state index in [1.807, 2.05) is 43.5 Å². The number of urea groups is 1. The van der Waals surface area contributed by atoms with Crippen LogP contribution in [0.4, 0.5) is 10.5 Å². The molecule has 1 heterocycles. The standard InChI is InChI=1S/C16H21N3O2S/c1-11(2)14(6-8-20)19-16(21)18-13-5-3-4-12(10-13)15-17-7-9-22-15/h3-5,7,9-11,14,20H,6,8H2,1-2H3,(H2,18,19,21). The van der Waals surface area contributed by atoms with Crippen LogP contribution in [0.5, 0.6) is 0 Å². The third-order valence-corrected chi connectivity index (χ3v) is 4.18. The number of nitrogens with one attached hydrogen (secondary N) is 2. The first-order valence-electron chi connectivity index (χ1n) is 7.28. The summed E-state index contributed by atoms with van der Waals surface area (Å²) in [6.07, 6.45) is 2.30. The normalized spacial score (nSPS) is 12.2. The largest absolute Gasteiger partial charge is 0.396 e. The van der Waals surface area contributed by atoms with Gasteiger partial charge >= 0.3 is 6.03 Å². The fraction of sp³-hybridized carbons (Fsp3) is 0.375. The third kappa shape index (κ3) is 4.54. The number of aliphatic hydroxyl groups excluding tert-OH is 1. The summed E-state index contributed by atoms with van der Waals surface area (Å²) in [5.74, 6) is 0.263. The van der Waals surface area contributed by atoms with E-state index in [9.17, 15) is 4.79 Å². The maximum atomic E-state index is 12.1. The van der Waals surface area contributed by atoms with Gasteiger partial charge in [-0.25, -0.2) is 9.78 Å². The molecule has 0 radical (unpaired) electrons. The van der Waals surface area contributed by atoms with Crippen LogP contribution >= 0.6 is 11.3 Å². The summed E-state index contributed by atoms with van der Waals surface area (Å²) in [6.45, 7) is 4.09. The fourth-order valence-corrected chi connectivity index (χ4v) is 2.78. The Balaban J connectivity index is 2.01. The van der Waals surface area contributed by atoms with Crippen LogP contribution in [0, 0.1) is 5.92 Å². The van der Waals surface area contributed by atoms with E-state index < -0.39 is 0 Å². The smallest absolute Gasteiger partial charge is 0.319 e. The summed E-state index contributed by atoms with van der Waals surface area (Å²) in [5.41, 5.74) is 1.69. The highest BCUT2D eigenvalue weighted by molar-refractivity contribution is 7.13. The summed E-state index contributed by atoms with van der Waals surface area (Å²) in [7, 11) is 0. The van der Waals surface area contributed by atoms with Gasteiger partial charge in [-0.05, 0) is 24.5 Å². The van der Waals surface area contributed by atoms with Crippen LogP contribution in [0.2, 0.25) is 0 Å². The van der Waals surface area contributed by atoms with Crippen LogP contribution in [0.15, 0.2) is 35.8 Å². The number of aliphatic hydroxyl groups is 1. The second-order valence-electron chi connectivity index (χ2n) is 5.38. The number of hydrogen-bond acceptors (Lipinski definition) is 4. The molecule has 0 aliphatic rings. The van der Waals surface area contributed by atoms with E-state index in [2.05, 4.69) is 15.6 Å². The number of benzene rings is 1. The maximum Gasteiger partial charge on any atom is 0.319 e. The number of aromatic nitrogens is 1. The highest BCUT2D eigenvalue weighted by atomic mass is 32.1. The highest BCUT2D eigenvalue weighted by Crippen LogP contribution is 2.24. The zero-order valence-corrected chi connectivity index (χ0v) is 13.6. The molecule has 2 aromatic rings. The lowest BCUT2D eigenvalue weighted by Gasteiger charge is -2.21. The summed E-state index contributed by atoms with van der Waals surface area (Å²) in [4.78, 5) is 16.3. The molecule has 3 N–H and O–H groups in total. The van der Waals surface area contributed by atoms with Gasteiger partial charge in [0.2, 0.25) is 0 Å². The Kier molecular flexibility index (Phi) is 5.91. The Bertz CT molecular complexity index is 599. The lowest BCUT2D eigenvalue weighted by atomic mass is 10.0. The quantitative estimate of drug-likeness (QED) is 0.764. The molecule has 2 amide bonds. The molecule has 0 aliphatic heterocycles. The molecule has 5 nitrogen and oxygen atoms in total. The van der Waals surface area contributed by atoms with Crippen LogP contribution in [-0.4, -0.2) is 28.8 Å². The number of amides is 2. The predicted octanol–water partition coefficient (Wildman–Crippen LogP) is 3.34. The van der Waals surface area contributed by atoms with Crippen molar-refractivity contribution in [2.45, 2.75) is 26.3 Å². The molecule has 2 rings (SSSR count). The maximum absolute atomic E-state index is 12.1. The molecular weight excluding hydrogens is 298 g/mol. The minimum Gasteiger partial charge on any atom is -0.396 e. The Morgan fingerprint density at radius 2 is 2.23 bits per heavy atom. The van der Waals surface area contributed by atoms with Crippen LogP contribution in [0.3, 0.4) is 0 Å². The predicted molar refractivity (Wildman–Crippen MR) is 90.0 cm³/mol. The van der Waals surface area contributed by atoms with E-state index >= 15 is 0 Å².